The maximum absolute atomic E-state index is 12.5. The Morgan fingerprint density at radius 1 is 1.04 bits per heavy atom. The summed E-state index contributed by atoms with van der Waals surface area (Å²) in [5.74, 6) is 1.43. The van der Waals surface area contributed by atoms with Crippen molar-refractivity contribution >= 4 is 16.8 Å². The number of methoxy groups -OCH3 is 2. The minimum absolute atomic E-state index is 0.126. The molecule has 0 spiro atoms. The van der Waals surface area contributed by atoms with Crippen LogP contribution in [-0.4, -0.2) is 25.1 Å². The highest BCUT2D eigenvalue weighted by atomic mass is 16.5. The summed E-state index contributed by atoms with van der Waals surface area (Å²) in [6.07, 6.45) is 0. The van der Waals surface area contributed by atoms with E-state index in [4.69, 9.17) is 9.47 Å². The summed E-state index contributed by atoms with van der Waals surface area (Å²) >= 11 is 0. The van der Waals surface area contributed by atoms with Gasteiger partial charge in [-0.3, -0.25) is 4.79 Å². The number of fused-ring (bicyclic) bond motifs is 1. The number of H-pyrrole nitrogens is 1. The summed E-state index contributed by atoms with van der Waals surface area (Å²) in [5.41, 5.74) is 3.41. The first-order valence-electron chi connectivity index (χ1n) is 7.70. The number of aromatic amines is 1. The zero-order valence-corrected chi connectivity index (χ0v) is 14.0. The van der Waals surface area contributed by atoms with Gasteiger partial charge in [-0.25, -0.2) is 0 Å². The molecule has 0 saturated heterocycles. The van der Waals surface area contributed by atoms with Crippen LogP contribution in [0.15, 0.2) is 42.5 Å². The smallest absolute Gasteiger partial charge is 0.268 e. The minimum atomic E-state index is -0.126. The molecular formula is C19H20N2O3. The van der Waals surface area contributed by atoms with Gasteiger partial charge < -0.3 is 19.8 Å². The molecule has 0 unspecified atom stereocenters. The van der Waals surface area contributed by atoms with E-state index in [9.17, 15) is 4.79 Å². The Kier molecular flexibility index (Phi) is 4.42. The Hall–Kier alpha value is -2.95. The number of amides is 1. The van der Waals surface area contributed by atoms with E-state index in [0.29, 0.717) is 12.2 Å². The standard InChI is InChI=1S/C19H20N2O3/c1-12-16-9-8-15(24-3)10-17(16)21-18(12)19(22)20-11-13-4-6-14(23-2)7-5-13/h4-10,21H,11H2,1-3H3,(H,20,22). The van der Waals surface area contributed by atoms with Crippen molar-refractivity contribution in [1.29, 1.82) is 0 Å². The molecule has 2 N–H and O–H groups in total. The first-order valence-corrected chi connectivity index (χ1v) is 7.70. The van der Waals surface area contributed by atoms with Gasteiger partial charge >= 0.3 is 0 Å². The van der Waals surface area contributed by atoms with E-state index >= 15 is 0 Å². The Bertz CT molecular complexity index is 866. The Balaban J connectivity index is 1.76. The van der Waals surface area contributed by atoms with Gasteiger partial charge in [0.25, 0.3) is 5.91 Å². The number of hydrogen-bond donors (Lipinski definition) is 2. The van der Waals surface area contributed by atoms with Gasteiger partial charge in [-0.1, -0.05) is 12.1 Å². The molecule has 0 aliphatic heterocycles. The minimum Gasteiger partial charge on any atom is -0.497 e. The summed E-state index contributed by atoms with van der Waals surface area (Å²) in [5, 5.41) is 3.96. The molecule has 0 bridgehead atoms. The van der Waals surface area contributed by atoms with Crippen molar-refractivity contribution < 1.29 is 14.3 Å². The highest BCUT2D eigenvalue weighted by Gasteiger charge is 2.15. The average molecular weight is 324 g/mol. The molecule has 3 aromatic rings. The zero-order chi connectivity index (χ0) is 17.1. The molecule has 3 rings (SSSR count). The molecule has 0 aliphatic rings. The molecule has 1 amide bonds. The fraction of sp³-hybridized carbons (Fsp3) is 0.211. The van der Waals surface area contributed by atoms with E-state index in [0.717, 1.165) is 33.5 Å². The molecule has 0 aliphatic carbocycles. The van der Waals surface area contributed by atoms with E-state index in [1.807, 2.05) is 49.4 Å². The van der Waals surface area contributed by atoms with E-state index in [2.05, 4.69) is 10.3 Å². The van der Waals surface area contributed by atoms with Crippen LogP contribution < -0.4 is 14.8 Å². The van der Waals surface area contributed by atoms with Crippen LogP contribution in [-0.2, 0) is 6.54 Å². The van der Waals surface area contributed by atoms with E-state index in [-0.39, 0.29) is 5.91 Å². The molecule has 1 heterocycles. The molecule has 1 aromatic heterocycles. The summed E-state index contributed by atoms with van der Waals surface area (Å²) in [6.45, 7) is 2.40. The molecule has 0 fully saturated rings. The Morgan fingerprint density at radius 3 is 2.38 bits per heavy atom. The van der Waals surface area contributed by atoms with Crippen LogP contribution in [0.1, 0.15) is 21.6 Å². The van der Waals surface area contributed by atoms with Crippen LogP contribution in [0.3, 0.4) is 0 Å². The van der Waals surface area contributed by atoms with Crippen molar-refractivity contribution in [2.75, 3.05) is 14.2 Å². The second-order valence-corrected chi connectivity index (χ2v) is 5.57. The number of ether oxygens (including phenoxy) is 2. The third-order valence-electron chi connectivity index (χ3n) is 4.10. The number of benzene rings is 2. The lowest BCUT2D eigenvalue weighted by atomic mass is 10.1. The van der Waals surface area contributed by atoms with Crippen LogP contribution in [0.5, 0.6) is 11.5 Å². The van der Waals surface area contributed by atoms with E-state index in [1.165, 1.54) is 0 Å². The van der Waals surface area contributed by atoms with Gasteiger partial charge in [0, 0.05) is 23.5 Å². The molecule has 0 saturated carbocycles. The van der Waals surface area contributed by atoms with Crippen LogP contribution in [0, 0.1) is 6.92 Å². The first kappa shape index (κ1) is 15.9. The van der Waals surface area contributed by atoms with Gasteiger partial charge in [0.15, 0.2) is 0 Å². The molecule has 0 atom stereocenters. The topological polar surface area (TPSA) is 63.3 Å². The van der Waals surface area contributed by atoms with Gasteiger partial charge in [0.05, 0.1) is 14.2 Å². The third kappa shape index (κ3) is 3.06. The predicted octanol–water partition coefficient (Wildman–Crippen LogP) is 3.42. The van der Waals surface area contributed by atoms with Gasteiger partial charge in [0.2, 0.25) is 0 Å². The average Bonchev–Trinajstić information content (AvgIpc) is 2.96. The summed E-state index contributed by atoms with van der Waals surface area (Å²) in [4.78, 5) is 15.7. The number of carbonyl (C=O) groups is 1. The number of carbonyl (C=O) groups excluding carboxylic acids is 1. The third-order valence-corrected chi connectivity index (χ3v) is 4.10. The second kappa shape index (κ2) is 6.66. The first-order chi connectivity index (χ1) is 11.6. The quantitative estimate of drug-likeness (QED) is 0.756. The Labute approximate surface area is 140 Å². The molecular weight excluding hydrogens is 304 g/mol. The highest BCUT2D eigenvalue weighted by molar-refractivity contribution is 6.01. The zero-order valence-electron chi connectivity index (χ0n) is 14.0. The number of rotatable bonds is 5. The highest BCUT2D eigenvalue weighted by Crippen LogP contribution is 2.25. The fourth-order valence-corrected chi connectivity index (χ4v) is 2.69. The van der Waals surface area contributed by atoms with Crippen LogP contribution in [0.2, 0.25) is 0 Å². The molecule has 2 aromatic carbocycles. The number of aryl methyl sites for hydroxylation is 1. The lowest BCUT2D eigenvalue weighted by Crippen LogP contribution is -2.23. The molecule has 0 radical (unpaired) electrons. The van der Waals surface area contributed by atoms with Crippen molar-refractivity contribution in [3.05, 3.63) is 59.3 Å². The number of hydrogen-bond acceptors (Lipinski definition) is 3. The fourth-order valence-electron chi connectivity index (χ4n) is 2.69. The van der Waals surface area contributed by atoms with Crippen molar-refractivity contribution in [2.24, 2.45) is 0 Å². The van der Waals surface area contributed by atoms with Crippen LogP contribution in [0.25, 0.3) is 10.9 Å². The van der Waals surface area contributed by atoms with Gasteiger partial charge in [-0.05, 0) is 42.3 Å². The predicted molar refractivity (Wildman–Crippen MR) is 93.8 cm³/mol. The normalized spacial score (nSPS) is 10.6. The lowest BCUT2D eigenvalue weighted by Gasteiger charge is -2.06. The second-order valence-electron chi connectivity index (χ2n) is 5.57. The van der Waals surface area contributed by atoms with Gasteiger partial charge in [0.1, 0.15) is 17.2 Å². The van der Waals surface area contributed by atoms with Crippen molar-refractivity contribution in [3.63, 3.8) is 0 Å². The maximum Gasteiger partial charge on any atom is 0.268 e. The Morgan fingerprint density at radius 2 is 1.71 bits per heavy atom. The number of nitrogens with one attached hydrogen (secondary N) is 2. The van der Waals surface area contributed by atoms with E-state index < -0.39 is 0 Å². The van der Waals surface area contributed by atoms with Crippen molar-refractivity contribution in [1.82, 2.24) is 10.3 Å². The molecule has 5 heteroatoms. The van der Waals surface area contributed by atoms with Crippen LogP contribution in [0.4, 0.5) is 0 Å². The summed E-state index contributed by atoms with van der Waals surface area (Å²) in [6, 6.07) is 13.4. The number of aromatic nitrogens is 1. The van der Waals surface area contributed by atoms with Crippen molar-refractivity contribution in [3.8, 4) is 11.5 Å². The summed E-state index contributed by atoms with van der Waals surface area (Å²) < 4.78 is 10.4. The molecule has 124 valence electrons. The monoisotopic (exact) mass is 324 g/mol. The molecule has 5 nitrogen and oxygen atoms in total. The molecule has 24 heavy (non-hydrogen) atoms. The van der Waals surface area contributed by atoms with Crippen LogP contribution >= 0.6 is 0 Å². The van der Waals surface area contributed by atoms with E-state index in [1.54, 1.807) is 14.2 Å². The maximum atomic E-state index is 12.5. The SMILES string of the molecule is COc1ccc(CNC(=O)c2[nH]c3cc(OC)ccc3c2C)cc1. The lowest BCUT2D eigenvalue weighted by molar-refractivity contribution is 0.0946. The van der Waals surface area contributed by atoms with Gasteiger partial charge in [-0.2, -0.15) is 0 Å². The largest absolute Gasteiger partial charge is 0.497 e. The van der Waals surface area contributed by atoms with Gasteiger partial charge in [-0.15, -0.1) is 0 Å². The van der Waals surface area contributed by atoms with Crippen molar-refractivity contribution in [2.45, 2.75) is 13.5 Å². The summed E-state index contributed by atoms with van der Waals surface area (Å²) in [7, 11) is 3.25.